The number of nitrogen functional groups attached to an aromatic ring is 1. The van der Waals surface area contributed by atoms with Crippen LogP contribution in [0.3, 0.4) is 0 Å². The zero-order valence-electron chi connectivity index (χ0n) is 9.44. The number of hydrogen-bond acceptors (Lipinski definition) is 5. The molecule has 98 valence electrons. The number of nitrogens with zero attached hydrogens (tertiary/aromatic N) is 1. The van der Waals surface area contributed by atoms with Gasteiger partial charge in [-0.3, -0.25) is 10.3 Å². The molecule has 0 saturated carbocycles. The molecule has 0 amide bonds. The van der Waals surface area contributed by atoms with Gasteiger partial charge in [0.05, 0.1) is 17.2 Å². The molecule has 2 aromatic heterocycles. The van der Waals surface area contributed by atoms with E-state index in [1.807, 2.05) is 27.5 Å². The third kappa shape index (κ3) is 3.29. The van der Waals surface area contributed by atoms with E-state index in [-0.39, 0.29) is 5.75 Å². The fourth-order valence-corrected chi connectivity index (χ4v) is 3.74. The van der Waals surface area contributed by atoms with Gasteiger partial charge in [0.2, 0.25) is 0 Å². The molecule has 18 heavy (non-hydrogen) atoms. The highest BCUT2D eigenvalue weighted by atomic mass is 32.2. The molecule has 2 rings (SSSR count). The second-order valence-electron chi connectivity index (χ2n) is 3.73. The van der Waals surface area contributed by atoms with Crippen LogP contribution in [0.25, 0.3) is 10.6 Å². The molecule has 0 saturated heterocycles. The smallest absolute Gasteiger partial charge is 0.286 e. The first kappa shape index (κ1) is 13.5. The van der Waals surface area contributed by atoms with E-state index in [0.29, 0.717) is 18.1 Å². The predicted octanol–water partition coefficient (Wildman–Crippen LogP) is 1.62. The Kier molecular flexibility index (Phi) is 4.00. The lowest BCUT2D eigenvalue weighted by Crippen LogP contribution is -2.37. The summed E-state index contributed by atoms with van der Waals surface area (Å²) in [5.41, 5.74) is 6.86. The number of rotatable bonds is 5. The fourth-order valence-electron chi connectivity index (χ4n) is 1.61. The number of thiophene rings is 1. The van der Waals surface area contributed by atoms with Gasteiger partial charge < -0.3 is 0 Å². The predicted molar refractivity (Wildman–Crippen MR) is 73.3 cm³/mol. The lowest BCUT2D eigenvalue weighted by Gasteiger charge is -2.01. The lowest BCUT2D eigenvalue weighted by atomic mass is 10.3. The summed E-state index contributed by atoms with van der Waals surface area (Å²) < 4.78 is 31.9. The van der Waals surface area contributed by atoms with Crippen molar-refractivity contribution in [1.82, 2.24) is 0 Å². The minimum Gasteiger partial charge on any atom is -0.286 e. The van der Waals surface area contributed by atoms with Crippen LogP contribution in [0.4, 0.5) is 5.13 Å². The van der Waals surface area contributed by atoms with Crippen LogP contribution < -0.4 is 10.3 Å². The van der Waals surface area contributed by atoms with Gasteiger partial charge in [-0.05, 0) is 11.4 Å². The van der Waals surface area contributed by atoms with Crippen LogP contribution in [0.5, 0.6) is 0 Å². The summed E-state index contributed by atoms with van der Waals surface area (Å²) in [6.07, 6.45) is 0.336. The van der Waals surface area contributed by atoms with E-state index in [4.69, 9.17) is 10.3 Å². The highest BCUT2D eigenvalue weighted by Gasteiger charge is 2.17. The Balaban J connectivity index is 2.15. The molecule has 0 aliphatic heterocycles. The third-order valence-corrected chi connectivity index (χ3v) is 4.91. The first-order valence-electron chi connectivity index (χ1n) is 5.23. The minimum absolute atomic E-state index is 0.251. The Morgan fingerprint density at radius 2 is 2.17 bits per heavy atom. The van der Waals surface area contributed by atoms with Crippen molar-refractivity contribution in [3.63, 3.8) is 0 Å². The number of hydrogen-bond donors (Lipinski definition) is 2. The lowest BCUT2D eigenvalue weighted by molar-refractivity contribution is -0.667. The van der Waals surface area contributed by atoms with Crippen molar-refractivity contribution >= 4 is 37.9 Å². The van der Waals surface area contributed by atoms with Crippen molar-refractivity contribution in [3.8, 4) is 10.6 Å². The molecule has 0 aliphatic rings. The maximum atomic E-state index is 10.7. The molecule has 0 radical (unpaired) electrons. The zero-order chi connectivity index (χ0) is 13.2. The first-order chi connectivity index (χ1) is 8.47. The average molecular weight is 305 g/mol. The van der Waals surface area contributed by atoms with Crippen molar-refractivity contribution in [2.75, 3.05) is 11.5 Å². The SMILES string of the molecule is Nc1scc(-c2cccs2)[n+]1CCCS(=O)(=O)O. The van der Waals surface area contributed by atoms with E-state index in [0.717, 1.165) is 10.6 Å². The van der Waals surface area contributed by atoms with Crippen LogP contribution in [0.1, 0.15) is 6.42 Å². The largest absolute Gasteiger partial charge is 0.332 e. The number of aromatic nitrogens is 1. The van der Waals surface area contributed by atoms with E-state index in [1.54, 1.807) is 11.3 Å². The summed E-state index contributed by atoms with van der Waals surface area (Å²) in [7, 11) is -3.90. The molecule has 0 unspecified atom stereocenters. The molecular weight excluding hydrogens is 292 g/mol. The van der Waals surface area contributed by atoms with Crippen LogP contribution >= 0.6 is 22.7 Å². The fraction of sp³-hybridized carbons (Fsp3) is 0.300. The van der Waals surface area contributed by atoms with Crippen molar-refractivity contribution in [1.29, 1.82) is 0 Å². The van der Waals surface area contributed by atoms with Gasteiger partial charge in [0.25, 0.3) is 10.1 Å². The van der Waals surface area contributed by atoms with Gasteiger partial charge >= 0.3 is 5.13 Å². The molecule has 0 bridgehead atoms. The minimum atomic E-state index is -3.90. The quantitative estimate of drug-likeness (QED) is 0.649. The summed E-state index contributed by atoms with van der Waals surface area (Å²) in [5, 5.41) is 4.56. The van der Waals surface area contributed by atoms with Crippen molar-refractivity contribution < 1.29 is 17.5 Å². The molecule has 0 fully saturated rings. The van der Waals surface area contributed by atoms with Gasteiger partial charge in [0.15, 0.2) is 5.69 Å². The maximum Gasteiger partial charge on any atom is 0.332 e. The van der Waals surface area contributed by atoms with E-state index in [2.05, 4.69) is 0 Å². The molecule has 5 nitrogen and oxygen atoms in total. The van der Waals surface area contributed by atoms with Gasteiger partial charge in [-0.1, -0.05) is 17.4 Å². The Hall–Kier alpha value is -0.960. The molecule has 8 heteroatoms. The second-order valence-corrected chi connectivity index (χ2v) is 7.14. The summed E-state index contributed by atoms with van der Waals surface area (Å²) in [5.74, 6) is -0.251. The van der Waals surface area contributed by atoms with Gasteiger partial charge in [-0.25, -0.2) is 4.57 Å². The van der Waals surface area contributed by atoms with Crippen LogP contribution in [-0.2, 0) is 16.7 Å². The highest BCUT2D eigenvalue weighted by Crippen LogP contribution is 2.25. The summed E-state index contributed by atoms with van der Waals surface area (Å²) in [6.45, 7) is 0.475. The second kappa shape index (κ2) is 5.35. The monoisotopic (exact) mass is 305 g/mol. The number of thiazole rings is 1. The molecule has 2 aromatic rings. The van der Waals surface area contributed by atoms with E-state index in [9.17, 15) is 8.42 Å². The Bertz CT molecular complexity index is 617. The van der Waals surface area contributed by atoms with Crippen molar-refractivity contribution in [3.05, 3.63) is 22.9 Å². The van der Waals surface area contributed by atoms with Gasteiger partial charge in [-0.2, -0.15) is 8.42 Å². The van der Waals surface area contributed by atoms with Crippen LogP contribution in [0, 0.1) is 0 Å². The molecular formula is C10H13N2O3S3+. The average Bonchev–Trinajstić information content (AvgIpc) is 2.87. The standard InChI is InChI=1S/C10H12N2O3S3/c11-10-12(4-2-6-18(13,14)15)8(7-17-10)9-3-1-5-16-9/h1,3,5,7,11H,2,4,6H2,(H,13,14,15)/p+1. The molecule has 0 aromatic carbocycles. The summed E-state index contributed by atoms with van der Waals surface area (Å²) >= 11 is 3.03. The topological polar surface area (TPSA) is 84.3 Å². The third-order valence-electron chi connectivity index (χ3n) is 2.41. The first-order valence-corrected chi connectivity index (χ1v) is 8.60. The molecule has 0 spiro atoms. The summed E-state index contributed by atoms with van der Waals surface area (Å²) in [6, 6.07) is 3.95. The van der Waals surface area contributed by atoms with Gasteiger partial charge in [0.1, 0.15) is 0 Å². The Labute approximate surface area is 113 Å². The normalized spacial score (nSPS) is 11.8. The number of nitrogens with two attached hydrogens (primary N) is 1. The Morgan fingerprint density at radius 3 is 2.78 bits per heavy atom. The van der Waals surface area contributed by atoms with E-state index >= 15 is 0 Å². The van der Waals surface area contributed by atoms with Crippen molar-refractivity contribution in [2.24, 2.45) is 0 Å². The summed E-state index contributed by atoms with van der Waals surface area (Å²) in [4.78, 5) is 1.09. The van der Waals surface area contributed by atoms with Gasteiger partial charge in [0, 0.05) is 11.8 Å². The number of anilines is 1. The van der Waals surface area contributed by atoms with Crippen LogP contribution in [-0.4, -0.2) is 18.7 Å². The molecule has 0 atom stereocenters. The highest BCUT2D eigenvalue weighted by molar-refractivity contribution is 7.85. The van der Waals surface area contributed by atoms with Crippen molar-refractivity contribution in [2.45, 2.75) is 13.0 Å². The Morgan fingerprint density at radius 1 is 1.39 bits per heavy atom. The van der Waals surface area contributed by atoms with E-state index in [1.165, 1.54) is 11.3 Å². The van der Waals surface area contributed by atoms with E-state index < -0.39 is 10.1 Å². The molecule has 2 heterocycles. The maximum absolute atomic E-state index is 10.7. The van der Waals surface area contributed by atoms with Gasteiger partial charge in [-0.15, -0.1) is 11.3 Å². The molecule has 0 aliphatic carbocycles. The zero-order valence-corrected chi connectivity index (χ0v) is 11.9. The van der Waals surface area contributed by atoms with Crippen LogP contribution in [0.2, 0.25) is 0 Å². The van der Waals surface area contributed by atoms with Crippen LogP contribution in [0.15, 0.2) is 22.9 Å². The molecule has 3 N–H and O–H groups in total.